The number of carbonyl (C=O) groups is 1. The van der Waals surface area contributed by atoms with Gasteiger partial charge in [-0.3, -0.25) is 0 Å². The fourth-order valence-electron chi connectivity index (χ4n) is 3.71. The quantitative estimate of drug-likeness (QED) is 0.322. The molecule has 1 heterocycles. The van der Waals surface area contributed by atoms with Gasteiger partial charge in [0.2, 0.25) is 0 Å². The maximum Gasteiger partial charge on any atom is 0.119 e. The molecule has 0 spiro atoms. The van der Waals surface area contributed by atoms with Crippen molar-refractivity contribution in [1.82, 2.24) is 0 Å². The molecule has 2 heteroatoms. The highest BCUT2D eigenvalue weighted by atomic mass is 16.5. The van der Waals surface area contributed by atoms with E-state index in [1.54, 1.807) is 0 Å². The first-order chi connectivity index (χ1) is 11.4. The Hall–Kier alpha value is -0.370. The largest absolute Gasteiger partial charge is 0.381 e. The van der Waals surface area contributed by atoms with Crippen LogP contribution in [0, 0.1) is 5.92 Å². The van der Waals surface area contributed by atoms with E-state index in [9.17, 15) is 4.79 Å². The van der Waals surface area contributed by atoms with Gasteiger partial charge in [0, 0.05) is 19.6 Å². The third-order valence-electron chi connectivity index (χ3n) is 5.24. The lowest BCUT2D eigenvalue weighted by molar-refractivity contribution is -0.107. The topological polar surface area (TPSA) is 26.3 Å². The Kier molecular flexibility index (Phi) is 14.8. The van der Waals surface area contributed by atoms with Crippen LogP contribution in [0.4, 0.5) is 0 Å². The molecule has 1 aliphatic rings. The van der Waals surface area contributed by atoms with Gasteiger partial charge in [-0.25, -0.2) is 0 Å². The summed E-state index contributed by atoms with van der Waals surface area (Å²) in [5.74, 6) is 0.983. The van der Waals surface area contributed by atoms with E-state index in [-0.39, 0.29) is 0 Å². The molecule has 2 nitrogen and oxygen atoms in total. The fraction of sp³-hybridized carbons (Fsp3) is 0.952. The van der Waals surface area contributed by atoms with Crippen molar-refractivity contribution in [2.45, 2.75) is 109 Å². The zero-order chi connectivity index (χ0) is 16.4. The van der Waals surface area contributed by atoms with Gasteiger partial charge in [-0.15, -0.1) is 0 Å². The van der Waals surface area contributed by atoms with E-state index < -0.39 is 0 Å². The molecule has 0 amide bonds. The van der Waals surface area contributed by atoms with Crippen LogP contribution < -0.4 is 0 Å². The van der Waals surface area contributed by atoms with Gasteiger partial charge in [0.05, 0.1) is 0 Å². The SMILES string of the molecule is O=CCCCCCCCCCCC1CCCCCOCCCC1. The molecule has 1 atom stereocenters. The molecule has 136 valence electrons. The number of hydrogen-bond acceptors (Lipinski definition) is 2. The average Bonchev–Trinajstić information content (AvgIpc) is 2.62. The fourth-order valence-corrected chi connectivity index (χ4v) is 3.71. The lowest BCUT2D eigenvalue weighted by atomic mass is 9.90. The number of aldehydes is 1. The third kappa shape index (κ3) is 13.7. The second kappa shape index (κ2) is 16.5. The lowest BCUT2D eigenvalue weighted by Gasteiger charge is -2.16. The minimum atomic E-state index is 0.757. The average molecular weight is 325 g/mol. The zero-order valence-corrected chi connectivity index (χ0v) is 15.4. The second-order valence-corrected chi connectivity index (χ2v) is 7.40. The van der Waals surface area contributed by atoms with Crippen LogP contribution in [0.2, 0.25) is 0 Å². The Labute approximate surface area is 144 Å². The summed E-state index contributed by atoms with van der Waals surface area (Å²) in [4.78, 5) is 10.2. The molecule has 0 aromatic rings. The summed E-state index contributed by atoms with van der Waals surface area (Å²) in [5.41, 5.74) is 0. The first-order valence-electron chi connectivity index (χ1n) is 10.4. The normalized spacial score (nSPS) is 20.8. The van der Waals surface area contributed by atoms with Crippen LogP contribution in [0.1, 0.15) is 109 Å². The molecule has 1 rings (SSSR count). The standard InChI is InChI=1S/C21H40O2/c22-18-12-7-5-3-1-2-4-6-9-15-21-16-10-8-13-19-23-20-14-11-17-21/h18,21H,1-17,19-20H2. The minimum absolute atomic E-state index is 0.757. The molecule has 0 saturated carbocycles. The van der Waals surface area contributed by atoms with Crippen molar-refractivity contribution in [3.05, 3.63) is 0 Å². The molecule has 0 aromatic heterocycles. The van der Waals surface area contributed by atoms with Crippen LogP contribution in [-0.4, -0.2) is 19.5 Å². The highest BCUT2D eigenvalue weighted by Crippen LogP contribution is 2.24. The Morgan fingerprint density at radius 2 is 1.26 bits per heavy atom. The van der Waals surface area contributed by atoms with E-state index in [4.69, 9.17) is 4.74 Å². The van der Waals surface area contributed by atoms with Crippen LogP contribution in [0.15, 0.2) is 0 Å². The number of hydrogen-bond donors (Lipinski definition) is 0. The van der Waals surface area contributed by atoms with E-state index in [0.717, 1.165) is 38.3 Å². The summed E-state index contributed by atoms with van der Waals surface area (Å²) in [6, 6.07) is 0. The molecule has 0 N–H and O–H groups in total. The van der Waals surface area contributed by atoms with Crippen LogP contribution in [0.5, 0.6) is 0 Å². The van der Waals surface area contributed by atoms with Crippen LogP contribution in [0.25, 0.3) is 0 Å². The maximum absolute atomic E-state index is 10.2. The van der Waals surface area contributed by atoms with E-state index in [0.29, 0.717) is 0 Å². The molecule has 1 unspecified atom stereocenters. The first-order valence-corrected chi connectivity index (χ1v) is 10.4. The molecule has 0 bridgehead atoms. The van der Waals surface area contributed by atoms with Gasteiger partial charge >= 0.3 is 0 Å². The summed E-state index contributed by atoms with van der Waals surface area (Å²) in [6.07, 6.45) is 23.5. The van der Waals surface area contributed by atoms with Crippen LogP contribution in [-0.2, 0) is 9.53 Å². The first kappa shape index (κ1) is 20.7. The Balaban J connectivity index is 1.94. The molecule has 0 radical (unpaired) electrons. The monoisotopic (exact) mass is 324 g/mol. The smallest absolute Gasteiger partial charge is 0.119 e. The molecule has 1 aliphatic heterocycles. The van der Waals surface area contributed by atoms with Gasteiger partial charge < -0.3 is 9.53 Å². The van der Waals surface area contributed by atoms with Gasteiger partial charge in [0.1, 0.15) is 6.29 Å². The summed E-state index contributed by atoms with van der Waals surface area (Å²) < 4.78 is 5.65. The minimum Gasteiger partial charge on any atom is -0.381 e. The highest BCUT2D eigenvalue weighted by Gasteiger charge is 2.09. The van der Waals surface area contributed by atoms with Gasteiger partial charge in [0.25, 0.3) is 0 Å². The van der Waals surface area contributed by atoms with Crippen molar-refractivity contribution < 1.29 is 9.53 Å². The van der Waals surface area contributed by atoms with Crippen molar-refractivity contribution in [3.8, 4) is 0 Å². The maximum atomic E-state index is 10.2. The van der Waals surface area contributed by atoms with Crippen molar-refractivity contribution in [3.63, 3.8) is 0 Å². The molecular formula is C21H40O2. The van der Waals surface area contributed by atoms with E-state index in [2.05, 4.69) is 0 Å². The molecule has 0 aliphatic carbocycles. The predicted molar refractivity (Wildman–Crippen MR) is 98.9 cm³/mol. The zero-order valence-electron chi connectivity index (χ0n) is 15.4. The number of ether oxygens (including phenoxy) is 1. The number of unbranched alkanes of at least 4 members (excludes halogenated alkanes) is 8. The number of carbonyl (C=O) groups excluding carboxylic acids is 1. The summed E-state index contributed by atoms with van der Waals surface area (Å²) in [7, 11) is 0. The summed E-state index contributed by atoms with van der Waals surface area (Å²) >= 11 is 0. The Morgan fingerprint density at radius 1 is 0.696 bits per heavy atom. The lowest BCUT2D eigenvalue weighted by Crippen LogP contribution is -2.01. The second-order valence-electron chi connectivity index (χ2n) is 7.40. The predicted octanol–water partition coefficient (Wildman–Crippen LogP) is 6.46. The molecule has 1 fully saturated rings. The van der Waals surface area contributed by atoms with Gasteiger partial charge in [0.15, 0.2) is 0 Å². The van der Waals surface area contributed by atoms with Crippen LogP contribution in [0.3, 0.4) is 0 Å². The third-order valence-corrected chi connectivity index (χ3v) is 5.24. The van der Waals surface area contributed by atoms with E-state index >= 15 is 0 Å². The van der Waals surface area contributed by atoms with Gasteiger partial charge in [-0.05, 0) is 25.2 Å². The highest BCUT2D eigenvalue weighted by molar-refractivity contribution is 5.48. The Bertz CT molecular complexity index is 240. The van der Waals surface area contributed by atoms with Crippen LogP contribution >= 0.6 is 0 Å². The van der Waals surface area contributed by atoms with E-state index in [1.807, 2.05) is 0 Å². The van der Waals surface area contributed by atoms with Crippen molar-refractivity contribution in [2.75, 3.05) is 13.2 Å². The molecule has 23 heavy (non-hydrogen) atoms. The van der Waals surface area contributed by atoms with Crippen molar-refractivity contribution in [2.24, 2.45) is 5.92 Å². The number of rotatable bonds is 11. The van der Waals surface area contributed by atoms with Gasteiger partial charge in [-0.2, -0.15) is 0 Å². The van der Waals surface area contributed by atoms with E-state index in [1.165, 1.54) is 96.3 Å². The summed E-state index contributed by atoms with van der Waals surface area (Å²) in [5, 5.41) is 0. The van der Waals surface area contributed by atoms with Gasteiger partial charge in [-0.1, -0.05) is 83.5 Å². The molecule has 1 saturated heterocycles. The molecular weight excluding hydrogens is 284 g/mol. The van der Waals surface area contributed by atoms with Crippen molar-refractivity contribution >= 4 is 6.29 Å². The Morgan fingerprint density at radius 3 is 1.96 bits per heavy atom. The molecule has 0 aromatic carbocycles. The summed E-state index contributed by atoms with van der Waals surface area (Å²) in [6.45, 7) is 1.97. The van der Waals surface area contributed by atoms with Crippen molar-refractivity contribution in [1.29, 1.82) is 0 Å².